The topological polar surface area (TPSA) is 59.2 Å². The number of oxazole rings is 1. The summed E-state index contributed by atoms with van der Waals surface area (Å²) in [4.78, 5) is 23.2. The maximum atomic E-state index is 12.4. The molecule has 6 heteroatoms. The van der Waals surface area contributed by atoms with Crippen LogP contribution in [0.2, 0.25) is 0 Å². The van der Waals surface area contributed by atoms with E-state index in [9.17, 15) is 4.79 Å². The molecule has 1 aliphatic heterocycles. The molecule has 120 valence electrons. The zero-order chi connectivity index (χ0) is 15.6. The molecule has 2 aliphatic rings. The molecule has 23 heavy (non-hydrogen) atoms. The highest BCUT2D eigenvalue weighted by molar-refractivity contribution is 7.99. The molecule has 0 N–H and O–H groups in total. The number of hydrogen-bond donors (Lipinski definition) is 0. The van der Waals surface area contributed by atoms with Gasteiger partial charge >= 0.3 is 0 Å². The first kappa shape index (κ1) is 14.8. The molecule has 0 unspecified atom stereocenters. The molecule has 3 heterocycles. The van der Waals surface area contributed by atoms with Crippen LogP contribution in [0.4, 0.5) is 0 Å². The van der Waals surface area contributed by atoms with Gasteiger partial charge in [0.1, 0.15) is 11.5 Å². The molecular weight excluding hydrogens is 310 g/mol. The third-order valence-electron chi connectivity index (χ3n) is 4.53. The zero-order valence-electron chi connectivity index (χ0n) is 12.9. The van der Waals surface area contributed by atoms with Crippen molar-refractivity contribution in [3.05, 3.63) is 41.7 Å². The van der Waals surface area contributed by atoms with E-state index >= 15 is 0 Å². The largest absolute Gasteiger partial charge is 0.445 e. The fraction of sp³-hybridized carbons (Fsp3) is 0.471. The Kier molecular flexibility index (Phi) is 4.08. The first-order valence-electron chi connectivity index (χ1n) is 8.09. The molecule has 0 aromatic carbocycles. The number of fused-ring (bicyclic) bond motifs is 1. The van der Waals surface area contributed by atoms with Crippen molar-refractivity contribution in [2.75, 3.05) is 12.3 Å². The SMILES string of the molecule is O=C(CSc1ccccn1)N1CCc2oc(C3CCC3)nc2C1. The number of aromatic nitrogens is 2. The fourth-order valence-electron chi connectivity index (χ4n) is 2.92. The van der Waals surface area contributed by atoms with Gasteiger partial charge in [-0.1, -0.05) is 24.2 Å². The number of nitrogens with zero attached hydrogens (tertiary/aromatic N) is 3. The summed E-state index contributed by atoms with van der Waals surface area (Å²) in [7, 11) is 0. The van der Waals surface area contributed by atoms with E-state index in [1.165, 1.54) is 31.0 Å². The van der Waals surface area contributed by atoms with Crippen LogP contribution in [0, 0.1) is 0 Å². The molecule has 4 rings (SSSR count). The van der Waals surface area contributed by atoms with Gasteiger partial charge in [-0.15, -0.1) is 0 Å². The number of hydrogen-bond acceptors (Lipinski definition) is 5. The molecule has 2 aromatic rings. The van der Waals surface area contributed by atoms with Crippen LogP contribution in [0.5, 0.6) is 0 Å². The molecule has 0 saturated heterocycles. The van der Waals surface area contributed by atoms with E-state index in [0.29, 0.717) is 24.8 Å². The minimum Gasteiger partial charge on any atom is -0.445 e. The summed E-state index contributed by atoms with van der Waals surface area (Å²) in [5.41, 5.74) is 0.953. The molecular formula is C17H19N3O2S. The molecule has 2 aromatic heterocycles. The van der Waals surface area contributed by atoms with Gasteiger partial charge in [-0.3, -0.25) is 4.79 Å². The van der Waals surface area contributed by atoms with Crippen LogP contribution in [0.3, 0.4) is 0 Å². The van der Waals surface area contributed by atoms with Crippen LogP contribution in [0.15, 0.2) is 33.8 Å². The first-order chi connectivity index (χ1) is 11.3. The predicted octanol–water partition coefficient (Wildman–Crippen LogP) is 3.01. The Bertz CT molecular complexity index is 697. The highest BCUT2D eigenvalue weighted by atomic mass is 32.2. The number of carbonyl (C=O) groups is 1. The van der Waals surface area contributed by atoms with Crippen molar-refractivity contribution in [2.45, 2.75) is 43.2 Å². The summed E-state index contributed by atoms with van der Waals surface area (Å²) in [6.45, 7) is 1.29. The Balaban J connectivity index is 1.37. The lowest BCUT2D eigenvalue weighted by Gasteiger charge is -2.25. The number of thioether (sulfide) groups is 1. The van der Waals surface area contributed by atoms with Crippen LogP contribution in [0.1, 0.15) is 42.5 Å². The molecule has 5 nitrogen and oxygen atoms in total. The maximum absolute atomic E-state index is 12.4. The molecule has 1 aliphatic carbocycles. The Morgan fingerprint density at radius 2 is 2.30 bits per heavy atom. The van der Waals surface area contributed by atoms with Crippen molar-refractivity contribution >= 4 is 17.7 Å². The second-order valence-electron chi connectivity index (χ2n) is 6.07. The third kappa shape index (κ3) is 3.13. The number of pyridine rings is 1. The van der Waals surface area contributed by atoms with E-state index in [-0.39, 0.29) is 5.91 Å². The van der Waals surface area contributed by atoms with Crippen molar-refractivity contribution in [1.82, 2.24) is 14.9 Å². The second kappa shape index (κ2) is 6.35. The lowest BCUT2D eigenvalue weighted by molar-refractivity contribution is -0.129. The molecule has 0 radical (unpaired) electrons. The van der Waals surface area contributed by atoms with Crippen LogP contribution >= 0.6 is 11.8 Å². The quantitative estimate of drug-likeness (QED) is 0.807. The molecule has 0 bridgehead atoms. The van der Waals surface area contributed by atoms with Gasteiger partial charge in [0, 0.05) is 25.1 Å². The van der Waals surface area contributed by atoms with Crippen molar-refractivity contribution in [1.29, 1.82) is 0 Å². The van der Waals surface area contributed by atoms with E-state index < -0.39 is 0 Å². The van der Waals surface area contributed by atoms with Gasteiger partial charge in [0.15, 0.2) is 5.89 Å². The second-order valence-corrected chi connectivity index (χ2v) is 7.07. The Labute approximate surface area is 139 Å². The van der Waals surface area contributed by atoms with Crippen molar-refractivity contribution in [3.63, 3.8) is 0 Å². The Morgan fingerprint density at radius 1 is 1.39 bits per heavy atom. The van der Waals surface area contributed by atoms with Crippen molar-refractivity contribution < 1.29 is 9.21 Å². The standard InChI is InChI=1S/C17H19N3O2S/c21-16(11-23-15-6-1-2-8-18-15)20-9-7-14-13(10-20)19-17(22-14)12-4-3-5-12/h1-2,6,8,12H,3-5,7,9-11H2. The average molecular weight is 329 g/mol. The van der Waals surface area contributed by atoms with Crippen LogP contribution in [0.25, 0.3) is 0 Å². The minimum absolute atomic E-state index is 0.138. The lowest BCUT2D eigenvalue weighted by atomic mass is 9.85. The van der Waals surface area contributed by atoms with Gasteiger partial charge in [0.25, 0.3) is 0 Å². The van der Waals surface area contributed by atoms with Crippen molar-refractivity contribution in [2.24, 2.45) is 0 Å². The monoisotopic (exact) mass is 329 g/mol. The number of rotatable bonds is 4. The van der Waals surface area contributed by atoms with E-state index in [2.05, 4.69) is 9.97 Å². The lowest BCUT2D eigenvalue weighted by Crippen LogP contribution is -2.36. The Hall–Kier alpha value is -1.82. The number of amides is 1. The van der Waals surface area contributed by atoms with Gasteiger partial charge in [-0.25, -0.2) is 9.97 Å². The van der Waals surface area contributed by atoms with E-state index in [1.54, 1.807) is 6.20 Å². The summed E-state index contributed by atoms with van der Waals surface area (Å²) in [5.74, 6) is 2.93. The predicted molar refractivity (Wildman–Crippen MR) is 87.2 cm³/mol. The minimum atomic E-state index is 0.138. The van der Waals surface area contributed by atoms with Gasteiger partial charge in [0.05, 0.1) is 17.3 Å². The first-order valence-corrected chi connectivity index (χ1v) is 9.08. The van der Waals surface area contributed by atoms with Crippen LogP contribution in [-0.4, -0.2) is 33.1 Å². The van der Waals surface area contributed by atoms with E-state index in [0.717, 1.165) is 28.8 Å². The van der Waals surface area contributed by atoms with E-state index in [4.69, 9.17) is 4.42 Å². The zero-order valence-corrected chi connectivity index (χ0v) is 13.7. The maximum Gasteiger partial charge on any atom is 0.233 e. The normalized spacial score (nSPS) is 17.7. The van der Waals surface area contributed by atoms with Crippen LogP contribution in [-0.2, 0) is 17.8 Å². The summed E-state index contributed by atoms with van der Waals surface area (Å²) >= 11 is 1.48. The summed E-state index contributed by atoms with van der Waals surface area (Å²) in [6, 6.07) is 5.74. The Morgan fingerprint density at radius 3 is 3.04 bits per heavy atom. The fourth-order valence-corrected chi connectivity index (χ4v) is 3.68. The molecule has 0 atom stereocenters. The van der Waals surface area contributed by atoms with Gasteiger partial charge in [0.2, 0.25) is 5.91 Å². The van der Waals surface area contributed by atoms with E-state index in [1.807, 2.05) is 23.1 Å². The molecule has 1 amide bonds. The van der Waals surface area contributed by atoms with Crippen LogP contribution < -0.4 is 0 Å². The smallest absolute Gasteiger partial charge is 0.233 e. The molecule has 1 fully saturated rings. The molecule has 0 spiro atoms. The summed E-state index contributed by atoms with van der Waals surface area (Å²) in [6.07, 6.45) is 6.16. The van der Waals surface area contributed by atoms with Gasteiger partial charge in [-0.2, -0.15) is 0 Å². The highest BCUT2D eigenvalue weighted by Crippen LogP contribution is 2.37. The third-order valence-corrected chi connectivity index (χ3v) is 5.46. The average Bonchev–Trinajstić information content (AvgIpc) is 2.94. The van der Waals surface area contributed by atoms with Gasteiger partial charge in [-0.05, 0) is 25.0 Å². The number of carbonyl (C=O) groups excluding carboxylic acids is 1. The van der Waals surface area contributed by atoms with Crippen molar-refractivity contribution in [3.8, 4) is 0 Å². The summed E-state index contributed by atoms with van der Waals surface area (Å²) < 4.78 is 5.90. The van der Waals surface area contributed by atoms with Gasteiger partial charge < -0.3 is 9.32 Å². The molecule has 1 saturated carbocycles. The highest BCUT2D eigenvalue weighted by Gasteiger charge is 2.30. The summed E-state index contributed by atoms with van der Waals surface area (Å²) in [5, 5.41) is 0.882.